The molecule has 154 valence electrons. The van der Waals surface area contributed by atoms with Crippen LogP contribution in [0.1, 0.15) is 52.4 Å². The molecule has 2 aliphatic carbocycles. The van der Waals surface area contributed by atoms with Crippen LogP contribution in [0.4, 0.5) is 13.2 Å². The smallest absolute Gasteiger partial charge is 0.385 e. The van der Waals surface area contributed by atoms with Gasteiger partial charge in [-0.3, -0.25) is 4.21 Å². The summed E-state index contributed by atoms with van der Waals surface area (Å²) in [6.45, 7) is 8.90. The average Bonchev–Trinajstić information content (AvgIpc) is 2.52. The van der Waals surface area contributed by atoms with E-state index in [9.17, 15) is 17.4 Å². The van der Waals surface area contributed by atoms with E-state index >= 15 is 0 Å². The maximum absolute atomic E-state index is 13.1. The monoisotopic (exact) mass is 404 g/mol. The van der Waals surface area contributed by atoms with Gasteiger partial charge in [0.15, 0.2) is 0 Å². The predicted octanol–water partition coefficient (Wildman–Crippen LogP) is 4.28. The molecule has 3 nitrogen and oxygen atoms in total. The maximum atomic E-state index is 13.1. The Morgan fingerprint density at radius 1 is 1.41 bits per heavy atom. The van der Waals surface area contributed by atoms with Crippen LogP contribution in [0.2, 0.25) is 0 Å². The van der Waals surface area contributed by atoms with Gasteiger partial charge in [-0.15, -0.1) is 0 Å². The third-order valence-corrected chi connectivity index (χ3v) is 7.92. The van der Waals surface area contributed by atoms with E-state index in [-0.39, 0.29) is 17.7 Å². The van der Waals surface area contributed by atoms with Crippen molar-refractivity contribution in [2.75, 3.05) is 6.54 Å². The van der Waals surface area contributed by atoms with Gasteiger partial charge in [-0.2, -0.15) is 13.2 Å². The van der Waals surface area contributed by atoms with Crippen molar-refractivity contribution in [2.45, 2.75) is 75.9 Å². The van der Waals surface area contributed by atoms with Crippen LogP contribution in [0.25, 0.3) is 0 Å². The summed E-state index contributed by atoms with van der Waals surface area (Å²) in [6.07, 6.45) is 2.02. The molecular weight excluding hydrogens is 373 g/mol. The Labute approximate surface area is 161 Å². The topological polar surface area (TPSA) is 41.1 Å². The molecule has 2 rings (SSSR count). The lowest BCUT2D eigenvalue weighted by Crippen LogP contribution is -2.49. The zero-order valence-corrected chi connectivity index (χ0v) is 17.0. The van der Waals surface area contributed by atoms with E-state index in [0.29, 0.717) is 36.8 Å². The summed E-state index contributed by atoms with van der Waals surface area (Å²) in [5, 5.41) is 6.57. The van der Waals surface area contributed by atoms with Gasteiger partial charge in [0.1, 0.15) is 0 Å². The second kappa shape index (κ2) is 8.86. The van der Waals surface area contributed by atoms with Crippen LogP contribution in [-0.2, 0) is 9.52 Å². The van der Waals surface area contributed by atoms with Crippen molar-refractivity contribution in [3.63, 3.8) is 0 Å². The molecule has 0 heterocycles. The molecule has 0 saturated heterocycles. The van der Waals surface area contributed by atoms with E-state index in [1.54, 1.807) is 0 Å². The highest BCUT2D eigenvalue weighted by molar-refractivity contribution is 8.04. The molecule has 0 aromatic heterocycles. The van der Waals surface area contributed by atoms with Crippen molar-refractivity contribution in [3.8, 4) is 0 Å². The molecule has 0 aromatic rings. The van der Waals surface area contributed by atoms with Gasteiger partial charge in [0.25, 0.3) is 0 Å². The molecule has 0 spiro atoms. The first-order valence-electron chi connectivity index (χ1n) is 9.55. The molecule has 0 aromatic carbocycles. The number of halogens is 3. The molecule has 0 aliphatic heterocycles. The average molecular weight is 405 g/mol. The molecule has 0 bridgehead atoms. The first kappa shape index (κ1) is 22.1. The van der Waals surface area contributed by atoms with Crippen LogP contribution < -0.4 is 10.6 Å². The Balaban J connectivity index is 1.84. The van der Waals surface area contributed by atoms with Crippen LogP contribution in [0.3, 0.4) is 0 Å². The quantitative estimate of drug-likeness (QED) is 0.564. The molecule has 1 fully saturated rings. The summed E-state index contributed by atoms with van der Waals surface area (Å²) in [7, 11) is -2.67. The van der Waals surface area contributed by atoms with Gasteiger partial charge in [0.05, 0.1) is 5.57 Å². The van der Waals surface area contributed by atoms with E-state index < -0.39 is 21.3 Å². The predicted molar refractivity (Wildman–Crippen MR) is 108 cm³/mol. The highest BCUT2D eigenvalue weighted by Gasteiger charge is 2.39. The molecule has 0 amide bonds. The second-order valence-corrected chi connectivity index (χ2v) is 10.3. The van der Waals surface area contributed by atoms with Crippen molar-refractivity contribution in [1.29, 1.82) is 0 Å². The minimum Gasteiger partial charge on any atom is -0.385 e. The third-order valence-electron chi connectivity index (χ3n) is 5.25. The number of allylic oxidation sites excluding steroid dienone is 4. The lowest BCUT2D eigenvalue weighted by atomic mass is 9.92. The van der Waals surface area contributed by atoms with E-state index in [1.165, 1.54) is 6.08 Å². The van der Waals surface area contributed by atoms with E-state index in [4.69, 9.17) is 0 Å². The van der Waals surface area contributed by atoms with E-state index in [0.717, 1.165) is 24.6 Å². The van der Waals surface area contributed by atoms with Crippen molar-refractivity contribution in [2.24, 2.45) is 0 Å². The minimum atomic E-state index is -4.40. The fourth-order valence-electron chi connectivity index (χ4n) is 3.57. The molecule has 2 aliphatic rings. The summed E-state index contributed by atoms with van der Waals surface area (Å²) >= 11 is 0. The zero-order chi connectivity index (χ0) is 20.2. The van der Waals surface area contributed by atoms with Crippen LogP contribution in [0.15, 0.2) is 34.9 Å². The van der Waals surface area contributed by atoms with Gasteiger partial charge in [-0.1, -0.05) is 26.0 Å². The number of rotatable bonds is 9. The van der Waals surface area contributed by atoms with Gasteiger partial charge >= 0.3 is 6.18 Å². The normalized spacial score (nSPS) is 26.3. The number of hydrogen-bond acceptors (Lipinski definition) is 3. The fraction of sp³-hybridized carbons (Fsp3) is 0.650. The Kier molecular flexibility index (Phi) is 7.25. The standard InChI is InChI=1S/C20H31F3N2OS/c1-5-7-14(2)25-15(3)13-24-17-11-19(12-17)27(4,26)18-9-6-8-16(10-18)20(21,22)23/h8,10,14,17,19,24-25H,3-7,9,11-13H2,1-2H3/t14?,17-,19+,27?. The summed E-state index contributed by atoms with van der Waals surface area (Å²) in [5.41, 5.74) is 0.224. The second-order valence-electron chi connectivity index (χ2n) is 7.64. The largest absolute Gasteiger partial charge is 0.416 e. The number of nitrogens with one attached hydrogen (secondary N) is 2. The third kappa shape index (κ3) is 5.88. The fourth-order valence-corrected chi connectivity index (χ4v) is 5.88. The van der Waals surface area contributed by atoms with Crippen LogP contribution >= 0.6 is 0 Å². The Hall–Kier alpha value is -1.21. The molecule has 0 radical (unpaired) electrons. The number of alkyl halides is 3. The van der Waals surface area contributed by atoms with Gasteiger partial charge in [-0.25, -0.2) is 0 Å². The zero-order valence-electron chi connectivity index (χ0n) is 16.2. The molecule has 2 N–H and O–H groups in total. The Bertz CT molecular complexity index is 701. The SMILES string of the molecule is C=C(CN[C@H]1C[C@@H](S(=C)(=O)C2=CC(C(F)(F)F)=CCC2)C1)NC(C)CCC. The summed E-state index contributed by atoms with van der Waals surface area (Å²) < 4.78 is 51.8. The lowest BCUT2D eigenvalue weighted by molar-refractivity contribution is -0.0886. The van der Waals surface area contributed by atoms with Crippen LogP contribution in [0.5, 0.6) is 0 Å². The first-order valence-corrected chi connectivity index (χ1v) is 11.3. The minimum absolute atomic E-state index is 0.158. The molecule has 7 heteroatoms. The van der Waals surface area contributed by atoms with Crippen molar-refractivity contribution >= 4 is 15.4 Å². The van der Waals surface area contributed by atoms with E-state index in [2.05, 4.69) is 36.9 Å². The number of hydrogen-bond donors (Lipinski definition) is 2. The maximum Gasteiger partial charge on any atom is 0.416 e. The molecular formula is C20H31F3N2OS. The molecule has 27 heavy (non-hydrogen) atoms. The molecule has 2 unspecified atom stereocenters. The van der Waals surface area contributed by atoms with Crippen LogP contribution in [-0.4, -0.2) is 40.1 Å². The summed E-state index contributed by atoms with van der Waals surface area (Å²) in [4.78, 5) is 0.361. The van der Waals surface area contributed by atoms with Gasteiger partial charge in [0, 0.05) is 34.5 Å². The van der Waals surface area contributed by atoms with Crippen LogP contribution in [0, 0.1) is 0 Å². The lowest BCUT2D eigenvalue weighted by Gasteiger charge is -2.39. The molecule has 2 atom stereocenters. The van der Waals surface area contributed by atoms with Crippen molar-refractivity contribution in [1.82, 2.24) is 10.6 Å². The summed E-state index contributed by atoms with van der Waals surface area (Å²) in [5.74, 6) is 3.83. The summed E-state index contributed by atoms with van der Waals surface area (Å²) in [6, 6.07) is 0.588. The van der Waals surface area contributed by atoms with Crippen molar-refractivity contribution in [3.05, 3.63) is 34.9 Å². The highest BCUT2D eigenvalue weighted by atomic mass is 32.2. The van der Waals surface area contributed by atoms with Gasteiger partial charge < -0.3 is 10.6 Å². The highest BCUT2D eigenvalue weighted by Crippen LogP contribution is 2.38. The Morgan fingerprint density at radius 3 is 2.67 bits per heavy atom. The first-order chi connectivity index (χ1) is 12.5. The Morgan fingerprint density at radius 2 is 2.07 bits per heavy atom. The van der Waals surface area contributed by atoms with Gasteiger partial charge in [0.2, 0.25) is 0 Å². The van der Waals surface area contributed by atoms with Crippen molar-refractivity contribution < 1.29 is 17.4 Å². The van der Waals surface area contributed by atoms with E-state index in [1.807, 2.05) is 0 Å². The van der Waals surface area contributed by atoms with Gasteiger partial charge in [-0.05, 0) is 60.5 Å². The molecule has 1 saturated carbocycles.